The first-order chi connectivity index (χ1) is 11.5. The standard InChI is InChI=1S/C18H25N3O3/c1-4-16(23)21-14-9-20(18(24)19-11(2)3)13-8-6-5-7-12(13)17(14)15(21)10-22/h5-8,11,14-15,17,22H,4,9-10H2,1-3H3,(H,19,24)/t14-,15-,17+/m0/s1. The zero-order chi connectivity index (χ0) is 17.4. The number of nitrogens with one attached hydrogen (secondary N) is 1. The Labute approximate surface area is 142 Å². The summed E-state index contributed by atoms with van der Waals surface area (Å²) in [5.41, 5.74) is 1.91. The predicted octanol–water partition coefficient (Wildman–Crippen LogP) is 1.69. The number of amides is 3. The summed E-state index contributed by atoms with van der Waals surface area (Å²) in [7, 11) is 0. The Kier molecular flexibility index (Phi) is 4.49. The average molecular weight is 331 g/mol. The minimum atomic E-state index is -0.195. The van der Waals surface area contributed by atoms with E-state index in [1.54, 1.807) is 9.80 Å². The van der Waals surface area contributed by atoms with Crippen LogP contribution in [0, 0.1) is 0 Å². The topological polar surface area (TPSA) is 72.9 Å². The van der Waals surface area contributed by atoms with Crippen molar-refractivity contribution in [3.63, 3.8) is 0 Å². The number of fused-ring (bicyclic) bond motifs is 3. The summed E-state index contributed by atoms with van der Waals surface area (Å²) in [5.74, 6) is 0.115. The number of rotatable bonds is 3. The van der Waals surface area contributed by atoms with Crippen LogP contribution in [0.1, 0.15) is 38.7 Å². The summed E-state index contributed by atoms with van der Waals surface area (Å²) in [6.07, 6.45) is 0.402. The van der Waals surface area contributed by atoms with Crippen molar-refractivity contribution in [2.24, 2.45) is 0 Å². The van der Waals surface area contributed by atoms with Crippen molar-refractivity contribution in [1.82, 2.24) is 10.2 Å². The molecule has 1 aromatic rings. The van der Waals surface area contributed by atoms with E-state index < -0.39 is 0 Å². The number of aliphatic hydroxyl groups excluding tert-OH is 1. The number of nitrogens with zero attached hydrogens (tertiary/aromatic N) is 2. The molecule has 6 heteroatoms. The van der Waals surface area contributed by atoms with Gasteiger partial charge in [0.2, 0.25) is 5.91 Å². The molecule has 0 saturated carbocycles. The predicted molar refractivity (Wildman–Crippen MR) is 92.0 cm³/mol. The van der Waals surface area contributed by atoms with Crippen LogP contribution < -0.4 is 10.2 Å². The van der Waals surface area contributed by atoms with Gasteiger partial charge in [-0.3, -0.25) is 9.69 Å². The third kappa shape index (κ3) is 2.55. The highest BCUT2D eigenvalue weighted by molar-refractivity contribution is 5.94. The van der Waals surface area contributed by atoms with Gasteiger partial charge >= 0.3 is 6.03 Å². The molecule has 0 unspecified atom stereocenters. The minimum Gasteiger partial charge on any atom is -0.394 e. The fourth-order valence-corrected chi connectivity index (χ4v) is 3.93. The van der Waals surface area contributed by atoms with Crippen LogP contribution in [0.15, 0.2) is 24.3 Å². The van der Waals surface area contributed by atoms with Gasteiger partial charge in [0, 0.05) is 30.6 Å². The van der Waals surface area contributed by atoms with E-state index in [1.165, 1.54) is 0 Å². The molecule has 1 aromatic carbocycles. The van der Waals surface area contributed by atoms with E-state index in [2.05, 4.69) is 5.32 Å². The van der Waals surface area contributed by atoms with Crippen LogP contribution in [0.25, 0.3) is 0 Å². The van der Waals surface area contributed by atoms with Gasteiger partial charge in [0.05, 0.1) is 18.7 Å². The molecule has 3 atom stereocenters. The monoisotopic (exact) mass is 331 g/mol. The first-order valence-electron chi connectivity index (χ1n) is 8.58. The zero-order valence-electron chi connectivity index (χ0n) is 14.4. The van der Waals surface area contributed by atoms with Gasteiger partial charge in [-0.05, 0) is 25.5 Å². The molecule has 2 heterocycles. The first-order valence-corrected chi connectivity index (χ1v) is 8.58. The van der Waals surface area contributed by atoms with Gasteiger partial charge < -0.3 is 15.3 Å². The largest absolute Gasteiger partial charge is 0.394 e. The highest BCUT2D eigenvalue weighted by atomic mass is 16.3. The van der Waals surface area contributed by atoms with Crippen LogP contribution in [0.4, 0.5) is 10.5 Å². The van der Waals surface area contributed by atoms with Crippen LogP contribution in [0.3, 0.4) is 0 Å². The molecule has 6 nitrogen and oxygen atoms in total. The van der Waals surface area contributed by atoms with Crippen molar-refractivity contribution in [2.45, 2.75) is 51.2 Å². The Morgan fingerprint density at radius 1 is 1.33 bits per heavy atom. The fourth-order valence-electron chi connectivity index (χ4n) is 3.93. The van der Waals surface area contributed by atoms with Gasteiger partial charge in [0.1, 0.15) is 0 Å². The molecule has 1 fully saturated rings. The maximum atomic E-state index is 12.6. The summed E-state index contributed by atoms with van der Waals surface area (Å²) in [4.78, 5) is 28.4. The lowest BCUT2D eigenvalue weighted by Gasteiger charge is -2.58. The lowest BCUT2D eigenvalue weighted by molar-refractivity contribution is -0.149. The number of likely N-dealkylation sites (tertiary alicyclic amines) is 1. The van der Waals surface area contributed by atoms with Crippen molar-refractivity contribution >= 4 is 17.6 Å². The first kappa shape index (κ1) is 16.8. The van der Waals surface area contributed by atoms with Crippen LogP contribution in [0.2, 0.25) is 0 Å². The number of hydrogen-bond donors (Lipinski definition) is 2. The third-order valence-corrected chi connectivity index (χ3v) is 4.93. The summed E-state index contributed by atoms with van der Waals surface area (Å²) in [6, 6.07) is 7.42. The summed E-state index contributed by atoms with van der Waals surface area (Å²) >= 11 is 0. The van der Waals surface area contributed by atoms with E-state index >= 15 is 0 Å². The number of para-hydroxylation sites is 1. The van der Waals surface area contributed by atoms with E-state index in [0.29, 0.717) is 13.0 Å². The smallest absolute Gasteiger partial charge is 0.322 e. The maximum absolute atomic E-state index is 12.6. The van der Waals surface area contributed by atoms with E-state index in [4.69, 9.17) is 0 Å². The zero-order valence-corrected chi connectivity index (χ0v) is 14.4. The Bertz CT molecular complexity index is 646. The summed E-state index contributed by atoms with van der Waals surface area (Å²) in [5, 5.41) is 12.7. The van der Waals surface area contributed by atoms with Crippen LogP contribution >= 0.6 is 0 Å². The third-order valence-electron chi connectivity index (χ3n) is 4.93. The van der Waals surface area contributed by atoms with E-state index in [1.807, 2.05) is 45.0 Å². The van der Waals surface area contributed by atoms with E-state index in [-0.39, 0.29) is 42.6 Å². The number of carbonyl (C=O) groups is 2. The van der Waals surface area contributed by atoms with Crippen molar-refractivity contribution in [3.05, 3.63) is 29.8 Å². The molecule has 0 aromatic heterocycles. The average Bonchev–Trinajstić information content (AvgIpc) is 2.54. The lowest BCUT2D eigenvalue weighted by atomic mass is 9.72. The van der Waals surface area contributed by atoms with Gasteiger partial charge in [-0.2, -0.15) is 0 Å². The summed E-state index contributed by atoms with van der Waals surface area (Å²) in [6.45, 7) is 6.08. The fraction of sp³-hybridized carbons (Fsp3) is 0.556. The second-order valence-corrected chi connectivity index (χ2v) is 6.77. The molecule has 0 radical (unpaired) electrons. The second-order valence-electron chi connectivity index (χ2n) is 6.77. The van der Waals surface area contributed by atoms with Crippen molar-refractivity contribution < 1.29 is 14.7 Å². The molecular weight excluding hydrogens is 306 g/mol. The van der Waals surface area contributed by atoms with Gasteiger partial charge in [0.25, 0.3) is 0 Å². The number of hydrogen-bond acceptors (Lipinski definition) is 3. The Morgan fingerprint density at radius 2 is 2.04 bits per heavy atom. The van der Waals surface area contributed by atoms with Gasteiger partial charge in [-0.25, -0.2) is 4.79 Å². The number of urea groups is 1. The summed E-state index contributed by atoms with van der Waals surface area (Å²) < 4.78 is 0. The molecule has 2 N–H and O–H groups in total. The quantitative estimate of drug-likeness (QED) is 0.885. The van der Waals surface area contributed by atoms with Crippen LogP contribution in [-0.4, -0.2) is 53.2 Å². The van der Waals surface area contributed by atoms with Crippen molar-refractivity contribution in [1.29, 1.82) is 0 Å². The lowest BCUT2D eigenvalue weighted by Crippen LogP contribution is -2.71. The van der Waals surface area contributed by atoms with E-state index in [0.717, 1.165) is 11.3 Å². The molecule has 0 spiro atoms. The van der Waals surface area contributed by atoms with Gasteiger partial charge in [-0.15, -0.1) is 0 Å². The molecule has 2 aliphatic rings. The number of anilines is 1. The molecule has 0 aliphatic carbocycles. The molecule has 1 saturated heterocycles. The van der Waals surface area contributed by atoms with Crippen LogP contribution in [0.5, 0.6) is 0 Å². The Hall–Kier alpha value is -2.08. The van der Waals surface area contributed by atoms with Crippen LogP contribution in [-0.2, 0) is 4.79 Å². The minimum absolute atomic E-state index is 0.0268. The molecule has 3 rings (SSSR count). The highest BCUT2D eigenvalue weighted by Crippen LogP contribution is 2.48. The molecular formula is C18H25N3O3. The SMILES string of the molecule is CCC(=O)N1[C@@H](CO)[C@@H]2c3ccccc3N(C(=O)NC(C)C)C[C@@H]21. The Morgan fingerprint density at radius 3 is 2.67 bits per heavy atom. The number of carbonyl (C=O) groups excluding carboxylic acids is 2. The van der Waals surface area contributed by atoms with E-state index in [9.17, 15) is 14.7 Å². The van der Waals surface area contributed by atoms with Gasteiger partial charge in [0.15, 0.2) is 0 Å². The molecule has 3 amide bonds. The second kappa shape index (κ2) is 6.43. The normalized spacial score (nSPS) is 25.0. The molecule has 130 valence electrons. The molecule has 24 heavy (non-hydrogen) atoms. The van der Waals surface area contributed by atoms with Crippen molar-refractivity contribution in [3.8, 4) is 0 Å². The number of benzene rings is 1. The van der Waals surface area contributed by atoms with Gasteiger partial charge in [-0.1, -0.05) is 25.1 Å². The molecule has 0 bridgehead atoms. The molecule has 2 aliphatic heterocycles. The van der Waals surface area contributed by atoms with Crippen molar-refractivity contribution in [2.75, 3.05) is 18.1 Å². The highest BCUT2D eigenvalue weighted by Gasteiger charge is 2.54. The number of aliphatic hydroxyl groups is 1. The maximum Gasteiger partial charge on any atom is 0.322 e. The Balaban J connectivity index is 1.97.